The first-order valence-corrected chi connectivity index (χ1v) is 7.10. The predicted molar refractivity (Wildman–Crippen MR) is 78.7 cm³/mol. The molecular weight excluding hydrogens is 266 g/mol. The van der Waals surface area contributed by atoms with Crippen LogP contribution in [0.2, 0.25) is 5.02 Å². The maximum atomic E-state index is 9.39. The molecule has 0 amide bonds. The summed E-state index contributed by atoms with van der Waals surface area (Å²) in [7, 11) is 2.03. The van der Waals surface area contributed by atoms with Gasteiger partial charge < -0.3 is 10.0 Å². The fourth-order valence-corrected chi connectivity index (χ4v) is 2.84. The molecule has 1 aromatic carbocycles. The van der Waals surface area contributed by atoms with E-state index in [0.29, 0.717) is 5.02 Å². The second-order valence-electron chi connectivity index (χ2n) is 4.15. The Bertz CT molecular complexity index is 499. The van der Waals surface area contributed by atoms with Gasteiger partial charge in [0.25, 0.3) is 0 Å². The van der Waals surface area contributed by atoms with Crippen LogP contribution in [0.3, 0.4) is 0 Å². The van der Waals surface area contributed by atoms with Crippen molar-refractivity contribution in [2.24, 2.45) is 0 Å². The van der Waals surface area contributed by atoms with E-state index in [9.17, 15) is 5.11 Å². The minimum absolute atomic E-state index is 0.0294. The summed E-state index contributed by atoms with van der Waals surface area (Å²) in [6.45, 7) is 0.881. The van der Waals surface area contributed by atoms with E-state index in [1.165, 1.54) is 4.88 Å². The standard InChI is InChI=1S/C14H16ClNOS/c1-16(8-7-11-4-3-9-18-11)14-6-2-5-13(15)12(14)10-17/h2-6,9,17H,7-8,10H2,1H3. The number of halogens is 1. The van der Waals surface area contributed by atoms with Crippen LogP contribution in [0.25, 0.3) is 0 Å². The lowest BCUT2D eigenvalue weighted by atomic mass is 10.1. The van der Waals surface area contributed by atoms with E-state index in [0.717, 1.165) is 24.2 Å². The molecule has 2 nitrogen and oxygen atoms in total. The minimum Gasteiger partial charge on any atom is -0.392 e. The number of hydrogen-bond donors (Lipinski definition) is 1. The number of nitrogens with zero attached hydrogens (tertiary/aromatic N) is 1. The van der Waals surface area contributed by atoms with Crippen molar-refractivity contribution < 1.29 is 5.11 Å². The summed E-state index contributed by atoms with van der Waals surface area (Å²) in [5, 5.41) is 12.1. The number of anilines is 1. The van der Waals surface area contributed by atoms with Crippen LogP contribution < -0.4 is 4.90 Å². The fraction of sp³-hybridized carbons (Fsp3) is 0.286. The van der Waals surface area contributed by atoms with Gasteiger partial charge >= 0.3 is 0 Å². The first kappa shape index (κ1) is 13.4. The van der Waals surface area contributed by atoms with E-state index in [-0.39, 0.29) is 6.61 Å². The number of aliphatic hydroxyl groups is 1. The molecule has 1 heterocycles. The molecule has 0 atom stereocenters. The fourth-order valence-electron chi connectivity index (χ4n) is 1.91. The van der Waals surface area contributed by atoms with Crippen LogP contribution in [0.5, 0.6) is 0 Å². The number of hydrogen-bond acceptors (Lipinski definition) is 3. The quantitative estimate of drug-likeness (QED) is 0.906. The van der Waals surface area contributed by atoms with Gasteiger partial charge in [-0.3, -0.25) is 0 Å². The van der Waals surface area contributed by atoms with E-state index >= 15 is 0 Å². The van der Waals surface area contributed by atoms with Gasteiger partial charge in [0.1, 0.15) is 0 Å². The molecule has 18 heavy (non-hydrogen) atoms. The summed E-state index contributed by atoms with van der Waals surface area (Å²) in [6.07, 6.45) is 1.01. The van der Waals surface area contributed by atoms with Gasteiger partial charge in [0.2, 0.25) is 0 Å². The molecule has 0 fully saturated rings. The highest BCUT2D eigenvalue weighted by molar-refractivity contribution is 7.09. The normalized spacial score (nSPS) is 10.6. The highest BCUT2D eigenvalue weighted by Gasteiger charge is 2.10. The average molecular weight is 282 g/mol. The Morgan fingerprint density at radius 1 is 1.28 bits per heavy atom. The molecule has 1 aromatic heterocycles. The first-order valence-electron chi connectivity index (χ1n) is 5.84. The predicted octanol–water partition coefficient (Wildman–Crippen LogP) is 3.57. The van der Waals surface area contributed by atoms with Gasteiger partial charge in [-0.25, -0.2) is 0 Å². The van der Waals surface area contributed by atoms with E-state index in [1.807, 2.05) is 25.2 Å². The molecular formula is C14H16ClNOS. The Balaban J connectivity index is 2.08. The molecule has 4 heteroatoms. The van der Waals surface area contributed by atoms with Crippen molar-refractivity contribution in [1.82, 2.24) is 0 Å². The Hall–Kier alpha value is -1.03. The second-order valence-corrected chi connectivity index (χ2v) is 5.59. The smallest absolute Gasteiger partial charge is 0.0716 e. The van der Waals surface area contributed by atoms with Gasteiger partial charge in [0.15, 0.2) is 0 Å². The van der Waals surface area contributed by atoms with Crippen molar-refractivity contribution in [3.05, 3.63) is 51.2 Å². The molecule has 0 aliphatic heterocycles. The summed E-state index contributed by atoms with van der Waals surface area (Å²) in [6, 6.07) is 9.93. The zero-order valence-corrected chi connectivity index (χ0v) is 11.8. The number of likely N-dealkylation sites (N-methyl/N-ethyl adjacent to an activating group) is 1. The topological polar surface area (TPSA) is 23.5 Å². The van der Waals surface area contributed by atoms with Crippen molar-refractivity contribution in [3.8, 4) is 0 Å². The minimum atomic E-state index is -0.0294. The van der Waals surface area contributed by atoms with Gasteiger partial charge in [0, 0.05) is 34.7 Å². The van der Waals surface area contributed by atoms with Crippen LogP contribution in [0, 0.1) is 0 Å². The zero-order valence-electron chi connectivity index (χ0n) is 10.3. The molecule has 0 spiro atoms. The van der Waals surface area contributed by atoms with E-state index in [2.05, 4.69) is 22.4 Å². The van der Waals surface area contributed by atoms with Crippen LogP contribution in [-0.2, 0) is 13.0 Å². The number of thiophene rings is 1. The van der Waals surface area contributed by atoms with Crippen molar-refractivity contribution in [2.45, 2.75) is 13.0 Å². The lowest BCUT2D eigenvalue weighted by Crippen LogP contribution is -2.21. The van der Waals surface area contributed by atoms with Crippen molar-refractivity contribution >= 4 is 28.6 Å². The van der Waals surface area contributed by atoms with Gasteiger partial charge in [-0.1, -0.05) is 23.7 Å². The monoisotopic (exact) mass is 281 g/mol. The van der Waals surface area contributed by atoms with Crippen LogP contribution in [0.1, 0.15) is 10.4 Å². The first-order chi connectivity index (χ1) is 8.72. The summed E-state index contributed by atoms with van der Waals surface area (Å²) >= 11 is 7.86. The SMILES string of the molecule is CN(CCc1cccs1)c1cccc(Cl)c1CO. The summed E-state index contributed by atoms with van der Waals surface area (Å²) in [5.74, 6) is 0. The van der Waals surface area contributed by atoms with E-state index in [1.54, 1.807) is 11.3 Å². The van der Waals surface area contributed by atoms with Crippen LogP contribution >= 0.6 is 22.9 Å². The molecule has 2 aromatic rings. The Kier molecular flexibility index (Phi) is 4.64. The number of rotatable bonds is 5. The van der Waals surface area contributed by atoms with Gasteiger partial charge in [-0.2, -0.15) is 0 Å². The Labute approximate surface area is 116 Å². The van der Waals surface area contributed by atoms with Crippen molar-refractivity contribution in [1.29, 1.82) is 0 Å². The van der Waals surface area contributed by atoms with Crippen LogP contribution in [-0.4, -0.2) is 18.7 Å². The molecule has 0 bridgehead atoms. The maximum Gasteiger partial charge on any atom is 0.0716 e. The van der Waals surface area contributed by atoms with Crippen molar-refractivity contribution in [3.63, 3.8) is 0 Å². The van der Waals surface area contributed by atoms with Gasteiger partial charge in [-0.15, -0.1) is 11.3 Å². The molecule has 0 radical (unpaired) electrons. The van der Waals surface area contributed by atoms with Crippen LogP contribution in [0.15, 0.2) is 35.7 Å². The zero-order chi connectivity index (χ0) is 13.0. The summed E-state index contributed by atoms with van der Waals surface area (Å²) < 4.78 is 0. The largest absolute Gasteiger partial charge is 0.392 e. The lowest BCUT2D eigenvalue weighted by Gasteiger charge is -2.22. The Morgan fingerprint density at radius 3 is 2.78 bits per heavy atom. The molecule has 0 unspecified atom stereocenters. The maximum absolute atomic E-state index is 9.39. The molecule has 2 rings (SSSR count). The molecule has 0 saturated heterocycles. The molecule has 0 aliphatic carbocycles. The number of benzene rings is 1. The highest BCUT2D eigenvalue weighted by Crippen LogP contribution is 2.27. The number of aliphatic hydroxyl groups excluding tert-OH is 1. The molecule has 1 N–H and O–H groups in total. The second kappa shape index (κ2) is 6.23. The summed E-state index contributed by atoms with van der Waals surface area (Å²) in [4.78, 5) is 3.51. The molecule has 96 valence electrons. The van der Waals surface area contributed by atoms with E-state index < -0.39 is 0 Å². The molecule has 0 saturated carbocycles. The van der Waals surface area contributed by atoms with Gasteiger partial charge in [0.05, 0.1) is 6.61 Å². The third-order valence-electron chi connectivity index (χ3n) is 2.94. The van der Waals surface area contributed by atoms with Crippen molar-refractivity contribution in [2.75, 3.05) is 18.5 Å². The third kappa shape index (κ3) is 3.05. The van der Waals surface area contributed by atoms with E-state index in [4.69, 9.17) is 11.6 Å². The average Bonchev–Trinajstić information content (AvgIpc) is 2.88. The Morgan fingerprint density at radius 2 is 2.11 bits per heavy atom. The third-order valence-corrected chi connectivity index (χ3v) is 4.23. The molecule has 0 aliphatic rings. The van der Waals surface area contributed by atoms with Gasteiger partial charge in [-0.05, 0) is 30.0 Å². The summed E-state index contributed by atoms with van der Waals surface area (Å²) in [5.41, 5.74) is 1.80. The van der Waals surface area contributed by atoms with Crippen LogP contribution in [0.4, 0.5) is 5.69 Å². The lowest BCUT2D eigenvalue weighted by molar-refractivity contribution is 0.282. The highest BCUT2D eigenvalue weighted by atomic mass is 35.5.